The van der Waals surface area contributed by atoms with Crippen LogP contribution in [0.2, 0.25) is 0 Å². The smallest absolute Gasteiger partial charge is 0.127 e. The van der Waals surface area contributed by atoms with Crippen molar-refractivity contribution in [3.05, 3.63) is 59.4 Å². The minimum atomic E-state index is -0.562. The largest absolute Gasteiger partial charge is 0.497 e. The first-order valence-electron chi connectivity index (χ1n) is 10.4. The highest BCUT2D eigenvalue weighted by Crippen LogP contribution is 2.25. The Balaban J connectivity index is 1.53. The van der Waals surface area contributed by atoms with Gasteiger partial charge in [0.05, 0.1) is 7.11 Å². The minimum Gasteiger partial charge on any atom is -0.497 e. The van der Waals surface area contributed by atoms with Crippen LogP contribution in [0.3, 0.4) is 0 Å². The van der Waals surface area contributed by atoms with Gasteiger partial charge in [0, 0.05) is 57.4 Å². The predicted octanol–water partition coefficient (Wildman–Crippen LogP) is 2.11. The number of piperazine rings is 1. The van der Waals surface area contributed by atoms with Crippen molar-refractivity contribution in [2.45, 2.75) is 19.2 Å². The van der Waals surface area contributed by atoms with Crippen molar-refractivity contribution < 1.29 is 19.0 Å². The van der Waals surface area contributed by atoms with Crippen molar-refractivity contribution in [3.63, 3.8) is 0 Å². The standard InChI is InChI=1S/C23H32FN3O3/c1-26-8-10-27(11-9-26)16-21(28)17-30-23-13-22(29-2)7-6-19(23)15-25-14-18-4-3-5-20(24)12-18/h3-7,12-13,21,25,28H,8-11,14-17H2,1-2H3. The number of aliphatic hydroxyl groups is 1. The molecule has 2 aromatic carbocycles. The Morgan fingerprint density at radius 1 is 1.10 bits per heavy atom. The second-order valence-electron chi connectivity index (χ2n) is 7.78. The van der Waals surface area contributed by atoms with E-state index in [0.717, 1.165) is 37.3 Å². The van der Waals surface area contributed by atoms with E-state index in [9.17, 15) is 9.50 Å². The van der Waals surface area contributed by atoms with E-state index >= 15 is 0 Å². The zero-order valence-electron chi connectivity index (χ0n) is 17.8. The fourth-order valence-electron chi connectivity index (χ4n) is 3.50. The summed E-state index contributed by atoms with van der Waals surface area (Å²) in [6.07, 6.45) is -0.562. The molecule has 30 heavy (non-hydrogen) atoms. The molecule has 1 aliphatic rings. The molecule has 0 spiro atoms. The fourth-order valence-corrected chi connectivity index (χ4v) is 3.50. The normalized spacial score (nSPS) is 16.4. The van der Waals surface area contributed by atoms with Gasteiger partial charge >= 0.3 is 0 Å². The number of aliphatic hydroxyl groups excluding tert-OH is 1. The van der Waals surface area contributed by atoms with Crippen LogP contribution >= 0.6 is 0 Å². The zero-order valence-corrected chi connectivity index (χ0v) is 17.8. The Kier molecular flexibility index (Phi) is 8.45. The van der Waals surface area contributed by atoms with Gasteiger partial charge in [0.2, 0.25) is 0 Å². The highest BCUT2D eigenvalue weighted by Gasteiger charge is 2.18. The summed E-state index contributed by atoms with van der Waals surface area (Å²) < 4.78 is 24.6. The van der Waals surface area contributed by atoms with Crippen LogP contribution in [0.25, 0.3) is 0 Å². The summed E-state index contributed by atoms with van der Waals surface area (Å²) in [5, 5.41) is 13.8. The molecule has 1 fully saturated rings. The summed E-state index contributed by atoms with van der Waals surface area (Å²) in [6, 6.07) is 12.2. The Hall–Kier alpha value is -2.19. The van der Waals surface area contributed by atoms with Gasteiger partial charge < -0.3 is 24.8 Å². The summed E-state index contributed by atoms with van der Waals surface area (Å²) >= 11 is 0. The number of ether oxygens (including phenoxy) is 2. The van der Waals surface area contributed by atoms with Crippen LogP contribution in [-0.2, 0) is 13.1 Å². The van der Waals surface area contributed by atoms with Crippen LogP contribution in [0.15, 0.2) is 42.5 Å². The van der Waals surface area contributed by atoms with Gasteiger partial charge in [0.25, 0.3) is 0 Å². The highest BCUT2D eigenvalue weighted by molar-refractivity contribution is 5.40. The molecule has 164 valence electrons. The number of nitrogens with zero attached hydrogens (tertiary/aromatic N) is 2. The predicted molar refractivity (Wildman–Crippen MR) is 115 cm³/mol. The lowest BCUT2D eigenvalue weighted by Gasteiger charge is -2.33. The number of benzene rings is 2. The average Bonchev–Trinajstić information content (AvgIpc) is 2.74. The number of β-amino-alcohol motifs (C(OH)–C–C–N with tert-alkyl or cyclic N) is 1. The number of rotatable bonds is 10. The van der Waals surface area contributed by atoms with Crippen LogP contribution in [0.4, 0.5) is 4.39 Å². The number of methoxy groups -OCH3 is 1. The monoisotopic (exact) mass is 417 g/mol. The first-order valence-corrected chi connectivity index (χ1v) is 10.4. The van der Waals surface area contributed by atoms with Crippen molar-refractivity contribution >= 4 is 0 Å². The lowest BCUT2D eigenvalue weighted by molar-refractivity contribution is 0.0501. The molecule has 6 nitrogen and oxygen atoms in total. The maximum Gasteiger partial charge on any atom is 0.127 e. The SMILES string of the molecule is COc1ccc(CNCc2cccc(F)c2)c(OCC(O)CN2CCN(C)CC2)c1. The van der Waals surface area contributed by atoms with E-state index in [1.54, 1.807) is 13.2 Å². The zero-order chi connectivity index (χ0) is 21.3. The van der Waals surface area contributed by atoms with Gasteiger partial charge in [0.15, 0.2) is 0 Å². The minimum absolute atomic E-state index is 0.219. The molecule has 1 unspecified atom stereocenters. The quantitative estimate of drug-likeness (QED) is 0.618. The van der Waals surface area contributed by atoms with E-state index in [1.165, 1.54) is 12.1 Å². The van der Waals surface area contributed by atoms with Crippen LogP contribution in [0.1, 0.15) is 11.1 Å². The molecule has 0 bridgehead atoms. The van der Waals surface area contributed by atoms with Crippen molar-refractivity contribution in [3.8, 4) is 11.5 Å². The maximum absolute atomic E-state index is 13.3. The number of hydrogen-bond donors (Lipinski definition) is 2. The van der Waals surface area contributed by atoms with E-state index in [1.807, 2.05) is 24.3 Å². The third-order valence-corrected chi connectivity index (χ3v) is 5.30. The summed E-state index contributed by atoms with van der Waals surface area (Å²) in [7, 11) is 3.73. The van der Waals surface area contributed by atoms with Crippen LogP contribution in [-0.4, -0.2) is 74.5 Å². The maximum atomic E-state index is 13.3. The topological polar surface area (TPSA) is 57.2 Å². The molecule has 7 heteroatoms. The first-order chi connectivity index (χ1) is 14.5. The van der Waals surface area contributed by atoms with E-state index in [0.29, 0.717) is 31.1 Å². The molecule has 0 aliphatic carbocycles. The molecule has 2 aromatic rings. The average molecular weight is 418 g/mol. The highest BCUT2D eigenvalue weighted by atomic mass is 19.1. The van der Waals surface area contributed by atoms with E-state index in [2.05, 4.69) is 22.2 Å². The van der Waals surface area contributed by atoms with Crippen molar-refractivity contribution in [1.29, 1.82) is 0 Å². The first kappa shape index (κ1) is 22.5. The van der Waals surface area contributed by atoms with Crippen LogP contribution in [0, 0.1) is 5.82 Å². The van der Waals surface area contributed by atoms with E-state index in [-0.39, 0.29) is 12.4 Å². The molecule has 1 heterocycles. The molecular formula is C23H32FN3O3. The van der Waals surface area contributed by atoms with Gasteiger partial charge in [-0.3, -0.25) is 4.90 Å². The molecule has 0 aromatic heterocycles. The van der Waals surface area contributed by atoms with Gasteiger partial charge in [0.1, 0.15) is 30.0 Å². The van der Waals surface area contributed by atoms with Gasteiger partial charge in [-0.1, -0.05) is 18.2 Å². The lowest BCUT2D eigenvalue weighted by Crippen LogP contribution is -2.47. The summed E-state index contributed by atoms with van der Waals surface area (Å²) in [6.45, 7) is 5.89. The van der Waals surface area contributed by atoms with Gasteiger partial charge in [-0.2, -0.15) is 0 Å². The van der Waals surface area contributed by atoms with Gasteiger partial charge in [-0.25, -0.2) is 4.39 Å². The molecule has 0 radical (unpaired) electrons. The second-order valence-corrected chi connectivity index (χ2v) is 7.78. The molecule has 0 saturated carbocycles. The van der Waals surface area contributed by atoms with Crippen LogP contribution < -0.4 is 14.8 Å². The molecule has 1 atom stereocenters. The molecule has 0 amide bonds. The van der Waals surface area contributed by atoms with Crippen molar-refractivity contribution in [2.75, 3.05) is 53.5 Å². The third-order valence-electron chi connectivity index (χ3n) is 5.30. The Labute approximate surface area is 178 Å². The Morgan fingerprint density at radius 3 is 2.63 bits per heavy atom. The van der Waals surface area contributed by atoms with Crippen molar-refractivity contribution in [2.24, 2.45) is 0 Å². The van der Waals surface area contributed by atoms with Crippen LogP contribution in [0.5, 0.6) is 11.5 Å². The van der Waals surface area contributed by atoms with Crippen molar-refractivity contribution in [1.82, 2.24) is 15.1 Å². The third kappa shape index (κ3) is 6.95. The molecular weight excluding hydrogens is 385 g/mol. The lowest BCUT2D eigenvalue weighted by atomic mass is 10.1. The summed E-state index contributed by atoms with van der Waals surface area (Å²) in [4.78, 5) is 4.56. The number of likely N-dealkylation sites (N-methyl/N-ethyl adjacent to an activating group) is 1. The second kappa shape index (κ2) is 11.3. The Bertz CT molecular complexity index is 797. The summed E-state index contributed by atoms with van der Waals surface area (Å²) in [5.41, 5.74) is 1.84. The van der Waals surface area contributed by atoms with E-state index in [4.69, 9.17) is 9.47 Å². The Morgan fingerprint density at radius 2 is 1.90 bits per heavy atom. The molecule has 2 N–H and O–H groups in total. The number of halogens is 1. The molecule has 1 aliphatic heterocycles. The number of nitrogens with one attached hydrogen (secondary N) is 1. The van der Waals surface area contributed by atoms with Gasteiger partial charge in [-0.15, -0.1) is 0 Å². The fraction of sp³-hybridized carbons (Fsp3) is 0.478. The summed E-state index contributed by atoms with van der Waals surface area (Å²) in [5.74, 6) is 1.14. The molecule has 3 rings (SSSR count). The molecule has 1 saturated heterocycles. The van der Waals surface area contributed by atoms with Gasteiger partial charge in [-0.05, 0) is 30.8 Å². The van der Waals surface area contributed by atoms with E-state index < -0.39 is 6.10 Å². The number of hydrogen-bond acceptors (Lipinski definition) is 6.